The molecule has 6 heteroatoms. The SMILES string of the molecule is [2H]c1cccc(-c2ccc(Cn3c(CCC)nc4c(C)c([2H])c(-c5nc6ccccc6n5C)c([2H])c43)cc2)c1C(=O)O. The van der Waals surface area contributed by atoms with E-state index in [0.29, 0.717) is 40.1 Å². The van der Waals surface area contributed by atoms with E-state index in [0.717, 1.165) is 40.8 Å². The van der Waals surface area contributed by atoms with Gasteiger partial charge in [0.2, 0.25) is 0 Å². The van der Waals surface area contributed by atoms with Crippen LogP contribution in [0.3, 0.4) is 0 Å². The Hall–Kier alpha value is -4.71. The Labute approximate surface area is 231 Å². The zero-order valence-electron chi connectivity index (χ0n) is 25.1. The van der Waals surface area contributed by atoms with Gasteiger partial charge in [0.15, 0.2) is 0 Å². The van der Waals surface area contributed by atoms with Crippen LogP contribution in [0.2, 0.25) is 0 Å². The molecule has 0 saturated carbocycles. The molecule has 0 atom stereocenters. The molecule has 0 aliphatic carbocycles. The second kappa shape index (κ2) is 9.87. The van der Waals surface area contributed by atoms with E-state index in [-0.39, 0.29) is 23.7 Å². The van der Waals surface area contributed by atoms with Crippen molar-refractivity contribution in [1.82, 2.24) is 19.1 Å². The zero-order valence-corrected chi connectivity index (χ0v) is 22.1. The first-order valence-corrected chi connectivity index (χ1v) is 13.0. The monoisotopic (exact) mass is 517 g/mol. The van der Waals surface area contributed by atoms with Crippen LogP contribution in [0.15, 0.2) is 84.9 Å². The highest BCUT2D eigenvalue weighted by molar-refractivity contribution is 5.96. The molecule has 0 amide bonds. The predicted octanol–water partition coefficient (Wildman–Crippen LogP) is 7.26. The van der Waals surface area contributed by atoms with Gasteiger partial charge in [-0.25, -0.2) is 14.8 Å². The first kappa shape index (κ1) is 21.2. The summed E-state index contributed by atoms with van der Waals surface area (Å²) in [5.41, 5.74) is 6.44. The molecular weight excluding hydrogens is 484 g/mol. The second-order valence-electron chi connectivity index (χ2n) is 9.76. The molecule has 0 aliphatic rings. The van der Waals surface area contributed by atoms with Gasteiger partial charge in [-0.1, -0.05) is 61.5 Å². The van der Waals surface area contributed by atoms with Crippen LogP contribution in [0.5, 0.6) is 0 Å². The minimum Gasteiger partial charge on any atom is -0.478 e. The molecule has 6 nitrogen and oxygen atoms in total. The third-order valence-corrected chi connectivity index (χ3v) is 7.12. The molecule has 0 bridgehead atoms. The Morgan fingerprint density at radius 1 is 0.949 bits per heavy atom. The third kappa shape index (κ3) is 4.38. The average molecular weight is 518 g/mol. The number of nitrogens with zero attached hydrogens (tertiary/aromatic N) is 4. The summed E-state index contributed by atoms with van der Waals surface area (Å²) in [6, 6.07) is 20.8. The quantitative estimate of drug-likeness (QED) is 0.242. The largest absolute Gasteiger partial charge is 0.478 e. The summed E-state index contributed by atoms with van der Waals surface area (Å²) >= 11 is 0. The fourth-order valence-corrected chi connectivity index (χ4v) is 5.18. The topological polar surface area (TPSA) is 72.9 Å². The van der Waals surface area contributed by atoms with Crippen molar-refractivity contribution in [3.63, 3.8) is 0 Å². The molecule has 6 aromatic rings. The first-order valence-electron chi connectivity index (χ1n) is 14.5. The fraction of sp³-hybridized carbons (Fsp3) is 0.182. The molecule has 0 fully saturated rings. The summed E-state index contributed by atoms with van der Waals surface area (Å²) < 4.78 is 30.4. The van der Waals surface area contributed by atoms with Crippen LogP contribution >= 0.6 is 0 Å². The lowest BCUT2D eigenvalue weighted by molar-refractivity contribution is 0.0697. The number of aromatic nitrogens is 4. The molecule has 0 saturated heterocycles. The van der Waals surface area contributed by atoms with E-state index < -0.39 is 5.97 Å². The highest BCUT2D eigenvalue weighted by atomic mass is 16.4. The smallest absolute Gasteiger partial charge is 0.336 e. The van der Waals surface area contributed by atoms with Crippen LogP contribution in [0.1, 0.15) is 44.8 Å². The van der Waals surface area contributed by atoms with Gasteiger partial charge in [-0.05, 0) is 65.9 Å². The van der Waals surface area contributed by atoms with Crippen molar-refractivity contribution >= 4 is 28.0 Å². The Kier molecular flexibility index (Phi) is 5.38. The summed E-state index contributed by atoms with van der Waals surface area (Å²) in [7, 11) is 1.91. The molecule has 1 N–H and O–H groups in total. The number of hydrogen-bond acceptors (Lipinski definition) is 3. The Morgan fingerprint density at radius 3 is 2.46 bits per heavy atom. The molecule has 2 aromatic heterocycles. The minimum atomic E-state index is -1.13. The normalized spacial score (nSPS) is 12.5. The van der Waals surface area contributed by atoms with Gasteiger partial charge in [-0.3, -0.25) is 0 Å². The number of carbonyl (C=O) groups is 1. The first-order chi connectivity index (χ1) is 20.2. The predicted molar refractivity (Wildman–Crippen MR) is 156 cm³/mol. The number of imidazole rings is 2. The van der Waals surface area contributed by atoms with E-state index in [1.54, 1.807) is 12.1 Å². The van der Waals surface area contributed by atoms with Gasteiger partial charge in [0.05, 0.1) is 31.7 Å². The Balaban J connectivity index is 1.49. The van der Waals surface area contributed by atoms with Crippen LogP contribution in [0.25, 0.3) is 44.6 Å². The second-order valence-corrected chi connectivity index (χ2v) is 9.76. The average Bonchev–Trinajstić information content (AvgIpc) is 3.50. The lowest BCUT2D eigenvalue weighted by Crippen LogP contribution is -2.05. The number of rotatable bonds is 7. The van der Waals surface area contributed by atoms with E-state index >= 15 is 0 Å². The summed E-state index contributed by atoms with van der Waals surface area (Å²) in [6.07, 6.45) is 1.60. The molecular formula is C33H30N4O2. The van der Waals surface area contributed by atoms with E-state index in [1.807, 2.05) is 67.1 Å². The van der Waals surface area contributed by atoms with Crippen molar-refractivity contribution in [2.45, 2.75) is 33.2 Å². The van der Waals surface area contributed by atoms with Gasteiger partial charge in [-0.2, -0.15) is 0 Å². The van der Waals surface area contributed by atoms with Gasteiger partial charge >= 0.3 is 5.97 Å². The van der Waals surface area contributed by atoms with Crippen molar-refractivity contribution < 1.29 is 14.0 Å². The maximum absolute atomic E-state index is 11.8. The maximum Gasteiger partial charge on any atom is 0.336 e. The maximum atomic E-state index is 11.8. The van der Waals surface area contributed by atoms with E-state index in [1.165, 1.54) is 6.07 Å². The van der Waals surface area contributed by atoms with Crippen molar-refractivity contribution in [2.24, 2.45) is 7.05 Å². The molecule has 0 aliphatic heterocycles. The number of hydrogen-bond donors (Lipinski definition) is 1. The van der Waals surface area contributed by atoms with Gasteiger partial charge in [0.1, 0.15) is 11.6 Å². The van der Waals surface area contributed by atoms with Crippen LogP contribution in [-0.2, 0) is 20.0 Å². The zero-order chi connectivity index (χ0) is 29.7. The van der Waals surface area contributed by atoms with Crippen LogP contribution in [-0.4, -0.2) is 30.2 Å². The van der Waals surface area contributed by atoms with Gasteiger partial charge in [-0.15, -0.1) is 0 Å². The molecule has 39 heavy (non-hydrogen) atoms. The number of aryl methyl sites for hydroxylation is 3. The van der Waals surface area contributed by atoms with Crippen LogP contribution in [0, 0.1) is 6.92 Å². The summed E-state index contributed by atoms with van der Waals surface area (Å²) in [5, 5.41) is 9.68. The summed E-state index contributed by atoms with van der Waals surface area (Å²) in [4.78, 5) is 21.6. The van der Waals surface area contributed by atoms with Crippen molar-refractivity contribution in [3.8, 4) is 22.5 Å². The van der Waals surface area contributed by atoms with Gasteiger partial charge in [0, 0.05) is 25.6 Å². The highest BCUT2D eigenvalue weighted by Gasteiger charge is 2.17. The van der Waals surface area contributed by atoms with Gasteiger partial charge in [0.25, 0.3) is 0 Å². The molecule has 0 spiro atoms. The highest BCUT2D eigenvalue weighted by Crippen LogP contribution is 2.31. The Morgan fingerprint density at radius 2 is 1.72 bits per heavy atom. The number of benzene rings is 4. The number of fused-ring (bicyclic) bond motifs is 2. The summed E-state index contributed by atoms with van der Waals surface area (Å²) in [5.74, 6) is 0.304. The van der Waals surface area contributed by atoms with E-state index in [4.69, 9.17) is 12.7 Å². The van der Waals surface area contributed by atoms with Crippen LogP contribution in [0.4, 0.5) is 0 Å². The molecule has 2 heterocycles. The van der Waals surface area contributed by atoms with E-state index in [2.05, 4.69) is 11.5 Å². The number of aromatic carboxylic acids is 1. The number of para-hydroxylation sites is 2. The van der Waals surface area contributed by atoms with Gasteiger partial charge < -0.3 is 14.2 Å². The lowest BCUT2D eigenvalue weighted by atomic mass is 9.98. The number of carboxylic acids is 1. The van der Waals surface area contributed by atoms with Crippen molar-refractivity contribution in [2.75, 3.05) is 0 Å². The van der Waals surface area contributed by atoms with Crippen LogP contribution < -0.4 is 0 Å². The molecule has 4 aromatic carbocycles. The molecule has 0 unspecified atom stereocenters. The number of carboxylic acid groups (broad SMARTS) is 1. The lowest BCUT2D eigenvalue weighted by Gasteiger charge is -2.12. The van der Waals surface area contributed by atoms with E-state index in [9.17, 15) is 11.3 Å². The fourth-order valence-electron chi connectivity index (χ4n) is 5.18. The molecule has 6 rings (SSSR count). The van der Waals surface area contributed by atoms with Crippen molar-refractivity contribution in [1.29, 1.82) is 0 Å². The summed E-state index contributed by atoms with van der Waals surface area (Å²) in [6.45, 7) is 4.44. The molecule has 0 radical (unpaired) electrons. The van der Waals surface area contributed by atoms with Crippen molar-refractivity contribution in [3.05, 3.63) is 107 Å². The third-order valence-electron chi connectivity index (χ3n) is 7.12. The Bertz CT molecular complexity index is 2010. The molecule has 194 valence electrons. The standard InChI is InChI=1S/C33H30N4O2/c1-4-9-30-35-31-21(2)18-24(32-34-27-12-7-8-13-28(27)36(32)3)19-29(31)37(30)20-22-14-16-23(17-15-22)25-10-5-6-11-26(25)33(38)39/h5-8,10-19H,4,9,20H2,1-3H3,(H,38,39)/i11D,18D,19D. The minimum absolute atomic E-state index is 0.0221.